The van der Waals surface area contributed by atoms with E-state index in [1.807, 2.05) is 35.2 Å². The number of nitriles is 1. The summed E-state index contributed by atoms with van der Waals surface area (Å²) >= 11 is 0. The lowest BCUT2D eigenvalue weighted by Crippen LogP contribution is -2.25. The zero-order valence-electron chi connectivity index (χ0n) is 15.8. The highest BCUT2D eigenvalue weighted by Gasteiger charge is 2.31. The first kappa shape index (κ1) is 19.7. The minimum absolute atomic E-state index is 0.146. The molecule has 1 saturated heterocycles. The summed E-state index contributed by atoms with van der Waals surface area (Å²) in [4.78, 5) is 10.2. The van der Waals surface area contributed by atoms with Crippen molar-refractivity contribution in [2.24, 2.45) is 0 Å². The number of aromatic nitrogens is 2. The van der Waals surface area contributed by atoms with Crippen LogP contribution in [-0.4, -0.2) is 29.2 Å². The van der Waals surface area contributed by atoms with E-state index in [1.54, 1.807) is 12.3 Å². The fourth-order valence-electron chi connectivity index (χ4n) is 3.39. The van der Waals surface area contributed by atoms with E-state index in [2.05, 4.69) is 16.0 Å². The number of benzene rings is 1. The third-order valence-electron chi connectivity index (χ3n) is 4.91. The van der Waals surface area contributed by atoms with Gasteiger partial charge in [-0.1, -0.05) is 30.3 Å². The Morgan fingerprint density at radius 1 is 1.07 bits per heavy atom. The van der Waals surface area contributed by atoms with E-state index in [0.717, 1.165) is 23.5 Å². The van der Waals surface area contributed by atoms with Gasteiger partial charge in [-0.2, -0.15) is 18.4 Å². The molecule has 0 N–H and O–H groups in total. The number of pyridine rings is 2. The van der Waals surface area contributed by atoms with Crippen molar-refractivity contribution in [3.63, 3.8) is 0 Å². The summed E-state index contributed by atoms with van der Waals surface area (Å²) in [6.07, 6.45) is -1.56. The molecule has 4 rings (SSSR count). The van der Waals surface area contributed by atoms with Crippen molar-refractivity contribution in [3.05, 3.63) is 72.1 Å². The predicted molar refractivity (Wildman–Crippen MR) is 105 cm³/mol. The largest absolute Gasteiger partial charge is 0.472 e. The quantitative estimate of drug-likeness (QED) is 0.624. The van der Waals surface area contributed by atoms with E-state index in [-0.39, 0.29) is 12.0 Å². The molecule has 8 heteroatoms. The van der Waals surface area contributed by atoms with Gasteiger partial charge in [-0.3, -0.25) is 4.98 Å². The number of hydrogen-bond donors (Lipinski definition) is 0. The second-order valence-corrected chi connectivity index (χ2v) is 6.92. The highest BCUT2D eigenvalue weighted by atomic mass is 19.4. The second kappa shape index (κ2) is 8.03. The van der Waals surface area contributed by atoms with Crippen molar-refractivity contribution >= 4 is 5.69 Å². The van der Waals surface area contributed by atoms with E-state index < -0.39 is 11.7 Å². The first-order chi connectivity index (χ1) is 14.4. The van der Waals surface area contributed by atoms with Crippen LogP contribution in [0.15, 0.2) is 60.9 Å². The van der Waals surface area contributed by atoms with Gasteiger partial charge in [0.15, 0.2) is 0 Å². The van der Waals surface area contributed by atoms with Gasteiger partial charge in [0, 0.05) is 30.8 Å². The minimum Gasteiger partial charge on any atom is -0.472 e. The van der Waals surface area contributed by atoms with Crippen molar-refractivity contribution in [3.8, 4) is 23.2 Å². The average molecular weight is 410 g/mol. The molecule has 2 aromatic heterocycles. The van der Waals surface area contributed by atoms with E-state index in [4.69, 9.17) is 4.74 Å². The smallest absolute Gasteiger partial charge is 0.417 e. The lowest BCUT2D eigenvalue weighted by Gasteiger charge is -2.20. The molecule has 1 aromatic carbocycles. The van der Waals surface area contributed by atoms with Gasteiger partial charge < -0.3 is 9.64 Å². The molecule has 3 aromatic rings. The van der Waals surface area contributed by atoms with Crippen molar-refractivity contribution < 1.29 is 17.9 Å². The molecule has 0 aliphatic carbocycles. The number of halogens is 3. The van der Waals surface area contributed by atoms with Gasteiger partial charge in [-0.05, 0) is 12.1 Å². The molecular formula is C22H17F3N4O. The van der Waals surface area contributed by atoms with E-state index in [0.29, 0.717) is 30.8 Å². The number of ether oxygens (including phenoxy) is 1. The minimum atomic E-state index is -4.43. The highest BCUT2D eigenvalue weighted by molar-refractivity contribution is 5.67. The SMILES string of the molecule is N#Cc1cc(-c2ccccc2)ncc1N1CC[C@@H](Oc2ccc(C(F)(F)F)cn2)C1. The topological polar surface area (TPSA) is 62.0 Å². The molecule has 1 aliphatic rings. The van der Waals surface area contributed by atoms with Crippen LogP contribution in [-0.2, 0) is 6.18 Å². The summed E-state index contributed by atoms with van der Waals surface area (Å²) in [5.74, 6) is 0.146. The Kier molecular flexibility index (Phi) is 5.27. The molecule has 0 radical (unpaired) electrons. The van der Waals surface area contributed by atoms with Gasteiger partial charge in [0.05, 0.1) is 35.2 Å². The van der Waals surface area contributed by atoms with E-state index in [9.17, 15) is 18.4 Å². The van der Waals surface area contributed by atoms with E-state index >= 15 is 0 Å². The third-order valence-corrected chi connectivity index (χ3v) is 4.91. The molecule has 3 heterocycles. The first-order valence-corrected chi connectivity index (χ1v) is 9.34. The molecule has 152 valence electrons. The molecule has 1 fully saturated rings. The Labute approximate surface area is 171 Å². The Hall–Kier alpha value is -3.60. The van der Waals surface area contributed by atoms with Gasteiger partial charge in [-0.25, -0.2) is 4.98 Å². The summed E-state index contributed by atoms with van der Waals surface area (Å²) in [7, 11) is 0. The van der Waals surface area contributed by atoms with Crippen LogP contribution in [0.1, 0.15) is 17.5 Å². The molecule has 5 nitrogen and oxygen atoms in total. The Balaban J connectivity index is 1.46. The number of anilines is 1. The number of alkyl halides is 3. The van der Waals surface area contributed by atoms with Gasteiger partial charge >= 0.3 is 6.18 Å². The molecule has 0 saturated carbocycles. The van der Waals surface area contributed by atoms with Crippen LogP contribution < -0.4 is 9.64 Å². The average Bonchev–Trinajstić information content (AvgIpc) is 3.22. The van der Waals surface area contributed by atoms with Crippen LogP contribution in [0.4, 0.5) is 18.9 Å². The predicted octanol–water partition coefficient (Wildman–Crippen LogP) is 4.69. The van der Waals surface area contributed by atoms with Crippen LogP contribution in [0.5, 0.6) is 5.88 Å². The zero-order valence-corrected chi connectivity index (χ0v) is 15.8. The van der Waals surface area contributed by atoms with Gasteiger partial charge in [0.1, 0.15) is 12.2 Å². The summed E-state index contributed by atoms with van der Waals surface area (Å²) < 4.78 is 43.7. The number of hydrogen-bond acceptors (Lipinski definition) is 5. The molecule has 30 heavy (non-hydrogen) atoms. The molecule has 0 unspecified atom stereocenters. The molecule has 0 bridgehead atoms. The summed E-state index contributed by atoms with van der Waals surface area (Å²) in [5.41, 5.74) is 2.06. The Morgan fingerprint density at radius 2 is 1.87 bits per heavy atom. The van der Waals surface area contributed by atoms with Gasteiger partial charge in [-0.15, -0.1) is 0 Å². The third kappa shape index (κ3) is 4.20. The van der Waals surface area contributed by atoms with Crippen LogP contribution in [0, 0.1) is 11.3 Å². The summed E-state index contributed by atoms with van der Waals surface area (Å²) in [5, 5.41) is 9.61. The van der Waals surface area contributed by atoms with Crippen molar-refractivity contribution in [1.29, 1.82) is 5.26 Å². The molecular weight excluding hydrogens is 393 g/mol. The monoisotopic (exact) mass is 410 g/mol. The van der Waals surface area contributed by atoms with Crippen molar-refractivity contribution in [2.75, 3.05) is 18.0 Å². The van der Waals surface area contributed by atoms with Crippen LogP contribution in [0.3, 0.4) is 0 Å². The highest BCUT2D eigenvalue weighted by Crippen LogP contribution is 2.31. The lowest BCUT2D eigenvalue weighted by molar-refractivity contribution is -0.137. The van der Waals surface area contributed by atoms with Gasteiger partial charge in [0.25, 0.3) is 0 Å². The summed E-state index contributed by atoms with van der Waals surface area (Å²) in [6, 6.07) is 15.8. The molecule has 1 aliphatic heterocycles. The van der Waals surface area contributed by atoms with Crippen molar-refractivity contribution in [1.82, 2.24) is 9.97 Å². The summed E-state index contributed by atoms with van der Waals surface area (Å²) in [6.45, 7) is 1.14. The van der Waals surface area contributed by atoms with Crippen LogP contribution in [0.2, 0.25) is 0 Å². The first-order valence-electron chi connectivity index (χ1n) is 9.34. The lowest BCUT2D eigenvalue weighted by atomic mass is 10.1. The Morgan fingerprint density at radius 3 is 2.53 bits per heavy atom. The fraction of sp³-hybridized carbons (Fsp3) is 0.227. The molecule has 0 amide bonds. The maximum absolute atomic E-state index is 12.7. The maximum Gasteiger partial charge on any atom is 0.417 e. The van der Waals surface area contributed by atoms with Gasteiger partial charge in [0.2, 0.25) is 5.88 Å². The fourth-order valence-corrected chi connectivity index (χ4v) is 3.39. The van der Waals surface area contributed by atoms with Crippen LogP contribution >= 0.6 is 0 Å². The second-order valence-electron chi connectivity index (χ2n) is 6.92. The van der Waals surface area contributed by atoms with Crippen LogP contribution in [0.25, 0.3) is 11.3 Å². The molecule has 1 atom stereocenters. The Bertz CT molecular complexity index is 1060. The standard InChI is InChI=1S/C22H17F3N4O/c23-22(24,25)17-6-7-21(28-12-17)30-18-8-9-29(14-18)20-13-27-19(10-16(20)11-26)15-4-2-1-3-5-15/h1-7,10,12-13,18H,8-9,14H2/t18-/m1/s1. The van der Waals surface area contributed by atoms with Crippen molar-refractivity contribution in [2.45, 2.75) is 18.7 Å². The maximum atomic E-state index is 12.7. The normalized spacial score (nSPS) is 16.3. The number of nitrogens with zero attached hydrogens (tertiary/aromatic N) is 4. The molecule has 0 spiro atoms. The number of rotatable bonds is 4. The zero-order chi connectivity index (χ0) is 21.1. The van der Waals surface area contributed by atoms with E-state index in [1.165, 1.54) is 6.07 Å².